The van der Waals surface area contributed by atoms with E-state index in [9.17, 15) is 0 Å². The number of hydrogen-bond acceptors (Lipinski definition) is 1. The summed E-state index contributed by atoms with van der Waals surface area (Å²) in [5.74, 6) is 0. The lowest BCUT2D eigenvalue weighted by Crippen LogP contribution is -2.18. The molecule has 0 heterocycles. The van der Waals surface area contributed by atoms with Crippen molar-refractivity contribution < 1.29 is 4.43 Å². The molecule has 1 aromatic rings. The molecule has 1 nitrogen and oxygen atoms in total. The Hall–Kier alpha value is -0.863. The average molecular weight is 192 g/mol. The zero-order valence-electron chi connectivity index (χ0n) is 8.45. The van der Waals surface area contributed by atoms with Gasteiger partial charge in [0, 0.05) is 0 Å². The van der Waals surface area contributed by atoms with Crippen LogP contribution in [0, 0.1) is 0 Å². The first-order valence-corrected chi connectivity index (χ1v) is 5.25. The van der Waals surface area contributed by atoms with Crippen LogP contribution in [0.25, 0.3) is 6.08 Å². The van der Waals surface area contributed by atoms with Crippen molar-refractivity contribution in [3.05, 3.63) is 42.0 Å². The quantitative estimate of drug-likeness (QED) is 0.663. The van der Waals surface area contributed by atoms with Crippen LogP contribution in [0.1, 0.15) is 19.4 Å². The highest BCUT2D eigenvalue weighted by molar-refractivity contribution is 5.98. The lowest BCUT2D eigenvalue weighted by molar-refractivity contribution is 0.181. The predicted octanol–water partition coefficient (Wildman–Crippen LogP) is 1.78. The van der Waals surface area contributed by atoms with Gasteiger partial charge < -0.3 is 4.43 Å². The zero-order valence-corrected chi connectivity index (χ0v) is 10.4. The molecule has 0 N–H and O–H groups in total. The fourth-order valence-electron chi connectivity index (χ4n) is 0.929. The molecule has 0 aliphatic rings. The molecule has 0 atom stereocenters. The van der Waals surface area contributed by atoms with E-state index in [1.807, 2.05) is 18.2 Å². The summed E-state index contributed by atoms with van der Waals surface area (Å²) >= 11 is 0. The molecule has 0 saturated carbocycles. The largest absolute Gasteiger partial charge is 0.420 e. The van der Waals surface area contributed by atoms with Gasteiger partial charge in [0.2, 0.25) is 0 Å². The highest BCUT2D eigenvalue weighted by Gasteiger charge is 2.09. The first-order chi connectivity index (χ1) is 6.14. The van der Waals surface area contributed by atoms with Crippen LogP contribution in [-0.2, 0) is 4.43 Å². The van der Waals surface area contributed by atoms with Gasteiger partial charge in [-0.15, -0.1) is 0 Å². The summed E-state index contributed by atoms with van der Waals surface area (Å²) in [6.07, 6.45) is 4.19. The number of hydrogen-bond donors (Lipinski definition) is 0. The Balaban J connectivity index is 2.69. The van der Waals surface area contributed by atoms with Gasteiger partial charge in [-0.05, 0) is 19.4 Å². The van der Waals surface area contributed by atoms with E-state index < -0.39 is 0 Å². The van der Waals surface area contributed by atoms with Gasteiger partial charge in [0.05, 0.1) is 5.60 Å². The molecular weight excluding hydrogens is 176 g/mol. The fourth-order valence-corrected chi connectivity index (χ4v) is 1.07. The number of benzene rings is 1. The van der Waals surface area contributed by atoms with Crippen LogP contribution in [0.2, 0.25) is 0 Å². The predicted molar refractivity (Wildman–Crippen MR) is 60.6 cm³/mol. The molecule has 0 spiro atoms. The second-order valence-electron chi connectivity index (χ2n) is 3.55. The van der Waals surface area contributed by atoms with Crippen molar-refractivity contribution in [1.29, 1.82) is 0 Å². The summed E-state index contributed by atoms with van der Waals surface area (Å²) < 4.78 is 5.41. The third-order valence-electron chi connectivity index (χ3n) is 2.00. The van der Waals surface area contributed by atoms with Crippen LogP contribution in [0.4, 0.5) is 0 Å². The second-order valence-corrected chi connectivity index (χ2v) is 3.96. The Bertz CT molecular complexity index is 277. The number of rotatable bonds is 3. The Labute approximate surface area is 83.0 Å². The van der Waals surface area contributed by atoms with Gasteiger partial charge in [0.15, 0.2) is 0 Å². The molecule has 0 fully saturated rings. The molecule has 0 radical (unpaired) electrons. The van der Waals surface area contributed by atoms with E-state index in [0.29, 0.717) is 0 Å². The molecule has 0 aliphatic carbocycles. The summed E-state index contributed by atoms with van der Waals surface area (Å²) in [5.41, 5.74) is 1.09. The molecule has 0 bridgehead atoms. The summed E-state index contributed by atoms with van der Waals surface area (Å²) in [6, 6.07) is 10.3. The van der Waals surface area contributed by atoms with Gasteiger partial charge in [-0.1, -0.05) is 42.5 Å². The van der Waals surface area contributed by atoms with Gasteiger partial charge in [0.1, 0.15) is 10.5 Å². The topological polar surface area (TPSA) is 9.23 Å². The van der Waals surface area contributed by atoms with Crippen LogP contribution in [-0.4, -0.2) is 16.1 Å². The van der Waals surface area contributed by atoms with E-state index in [0.717, 1.165) is 10.5 Å². The van der Waals surface area contributed by atoms with Gasteiger partial charge in [-0.25, -0.2) is 0 Å². The molecular formula is C11H16OSi. The summed E-state index contributed by atoms with van der Waals surface area (Å²) in [5, 5.41) is 0. The van der Waals surface area contributed by atoms with E-state index in [2.05, 4.69) is 38.1 Å². The maximum Gasteiger partial charge on any atom is 0.147 e. The van der Waals surface area contributed by atoms with Crippen LogP contribution in [0.3, 0.4) is 0 Å². The molecule has 1 aromatic carbocycles. The Morgan fingerprint density at radius 3 is 2.38 bits per heavy atom. The summed E-state index contributed by atoms with van der Waals surface area (Å²) in [4.78, 5) is 0. The minimum atomic E-state index is -0.123. The van der Waals surface area contributed by atoms with Crippen molar-refractivity contribution in [2.75, 3.05) is 0 Å². The van der Waals surface area contributed by atoms with Crippen LogP contribution in [0.15, 0.2) is 36.4 Å². The highest BCUT2D eigenvalue weighted by atomic mass is 28.2. The SMILES string of the molecule is CC(C)(C=Cc1ccccc1)O[SiH3]. The van der Waals surface area contributed by atoms with Crippen molar-refractivity contribution in [1.82, 2.24) is 0 Å². The van der Waals surface area contributed by atoms with Crippen molar-refractivity contribution >= 4 is 16.6 Å². The smallest absolute Gasteiger partial charge is 0.147 e. The van der Waals surface area contributed by atoms with E-state index >= 15 is 0 Å². The van der Waals surface area contributed by atoms with E-state index in [-0.39, 0.29) is 5.60 Å². The Kier molecular flexibility index (Phi) is 3.45. The molecule has 0 saturated heterocycles. The van der Waals surface area contributed by atoms with E-state index in [1.54, 1.807) is 0 Å². The fraction of sp³-hybridized carbons (Fsp3) is 0.273. The summed E-state index contributed by atoms with van der Waals surface area (Å²) in [7, 11) is 0.773. The first-order valence-electron chi connectivity index (χ1n) is 4.43. The molecule has 13 heavy (non-hydrogen) atoms. The Morgan fingerprint density at radius 2 is 1.85 bits per heavy atom. The normalized spacial score (nSPS) is 12.5. The monoisotopic (exact) mass is 192 g/mol. The zero-order chi connectivity index (χ0) is 9.73. The summed E-state index contributed by atoms with van der Waals surface area (Å²) in [6.45, 7) is 4.14. The van der Waals surface area contributed by atoms with Gasteiger partial charge in [-0.3, -0.25) is 0 Å². The van der Waals surface area contributed by atoms with Crippen LogP contribution < -0.4 is 0 Å². The van der Waals surface area contributed by atoms with Crippen molar-refractivity contribution in [2.45, 2.75) is 19.4 Å². The first kappa shape index (κ1) is 10.2. The third kappa shape index (κ3) is 3.57. The highest BCUT2D eigenvalue weighted by Crippen LogP contribution is 2.11. The second kappa shape index (κ2) is 4.39. The van der Waals surface area contributed by atoms with Crippen LogP contribution in [0.5, 0.6) is 0 Å². The minimum Gasteiger partial charge on any atom is -0.420 e. The Morgan fingerprint density at radius 1 is 1.23 bits per heavy atom. The lowest BCUT2D eigenvalue weighted by atomic mass is 10.1. The maximum absolute atomic E-state index is 5.41. The standard InChI is InChI=1S/C11H16OSi/c1-11(2,12-13)9-8-10-6-4-3-5-7-10/h3-9H,1-2,13H3. The van der Waals surface area contributed by atoms with E-state index in [4.69, 9.17) is 4.43 Å². The molecule has 0 aromatic heterocycles. The molecule has 2 heteroatoms. The maximum atomic E-state index is 5.41. The van der Waals surface area contributed by atoms with Gasteiger partial charge in [-0.2, -0.15) is 0 Å². The average Bonchev–Trinajstić information content (AvgIpc) is 2.17. The molecule has 0 amide bonds. The van der Waals surface area contributed by atoms with Crippen molar-refractivity contribution in [3.8, 4) is 0 Å². The van der Waals surface area contributed by atoms with Crippen molar-refractivity contribution in [3.63, 3.8) is 0 Å². The minimum absolute atomic E-state index is 0.123. The van der Waals surface area contributed by atoms with Gasteiger partial charge >= 0.3 is 0 Å². The lowest BCUT2D eigenvalue weighted by Gasteiger charge is -2.18. The molecule has 70 valence electrons. The molecule has 1 rings (SSSR count). The van der Waals surface area contributed by atoms with Gasteiger partial charge in [0.25, 0.3) is 0 Å². The van der Waals surface area contributed by atoms with E-state index in [1.165, 1.54) is 5.56 Å². The van der Waals surface area contributed by atoms with Crippen LogP contribution >= 0.6 is 0 Å². The molecule has 0 unspecified atom stereocenters. The van der Waals surface area contributed by atoms with Crippen molar-refractivity contribution in [2.24, 2.45) is 0 Å². The molecule has 0 aliphatic heterocycles. The third-order valence-corrected chi connectivity index (χ3v) is 3.06.